The van der Waals surface area contributed by atoms with Crippen molar-refractivity contribution in [3.63, 3.8) is 0 Å². The molecule has 0 aromatic heterocycles. The van der Waals surface area contributed by atoms with Gasteiger partial charge >= 0.3 is 6.03 Å². The summed E-state index contributed by atoms with van der Waals surface area (Å²) in [6, 6.07) is 14.8. The van der Waals surface area contributed by atoms with Gasteiger partial charge in [-0.3, -0.25) is 19.8 Å². The zero-order valence-electron chi connectivity index (χ0n) is 17.8. The van der Waals surface area contributed by atoms with Gasteiger partial charge in [0.1, 0.15) is 23.9 Å². The lowest BCUT2D eigenvalue weighted by atomic mass is 10.1. The fraction of sp³-hybridized carbons (Fsp3) is 0.0833. The van der Waals surface area contributed by atoms with E-state index in [0.717, 1.165) is 17.6 Å². The van der Waals surface area contributed by atoms with E-state index in [0.29, 0.717) is 16.9 Å². The number of nitro benzene ring substituents is 1. The molecular weight excluding hydrogens is 683 g/mol. The van der Waals surface area contributed by atoms with Crippen LogP contribution in [0.25, 0.3) is 6.08 Å². The van der Waals surface area contributed by atoms with Gasteiger partial charge in [-0.15, -0.1) is 0 Å². The largest absolute Gasteiger partial charge is 0.487 e. The van der Waals surface area contributed by atoms with E-state index in [-0.39, 0.29) is 24.5 Å². The SMILES string of the molecule is O=C1N/C(=C/c2cc(I)c(OCc3ccc([N+](=O)[O-])cc3)c(I)c2)C(=O)N1Cc1ccc(F)cc1. The molecule has 1 fully saturated rings. The summed E-state index contributed by atoms with van der Waals surface area (Å²) in [5.41, 5.74) is 2.28. The van der Waals surface area contributed by atoms with E-state index in [1.165, 1.54) is 36.4 Å². The second-order valence-corrected chi connectivity index (χ2v) is 9.86. The first kappa shape index (κ1) is 25.0. The van der Waals surface area contributed by atoms with Crippen molar-refractivity contribution in [1.29, 1.82) is 0 Å². The number of rotatable bonds is 7. The summed E-state index contributed by atoms with van der Waals surface area (Å²) in [4.78, 5) is 36.5. The predicted molar refractivity (Wildman–Crippen MR) is 143 cm³/mol. The van der Waals surface area contributed by atoms with E-state index < -0.39 is 22.7 Å². The highest BCUT2D eigenvalue weighted by Gasteiger charge is 2.33. The normalized spacial score (nSPS) is 14.4. The Hall–Kier alpha value is -3.07. The van der Waals surface area contributed by atoms with Crippen LogP contribution in [0.5, 0.6) is 5.75 Å². The Kier molecular flexibility index (Phi) is 7.64. The van der Waals surface area contributed by atoms with Crippen molar-refractivity contribution in [3.8, 4) is 5.75 Å². The number of non-ortho nitro benzene ring substituents is 1. The second-order valence-electron chi connectivity index (χ2n) is 7.53. The third kappa shape index (κ3) is 5.96. The van der Waals surface area contributed by atoms with Crippen molar-refractivity contribution in [2.45, 2.75) is 13.2 Å². The molecule has 178 valence electrons. The third-order valence-electron chi connectivity index (χ3n) is 5.08. The molecule has 0 spiro atoms. The number of halogens is 3. The van der Waals surface area contributed by atoms with E-state index in [9.17, 15) is 24.1 Å². The molecule has 0 unspecified atom stereocenters. The highest BCUT2D eigenvalue weighted by Crippen LogP contribution is 2.31. The zero-order chi connectivity index (χ0) is 25.1. The number of nitrogens with one attached hydrogen (secondary N) is 1. The summed E-state index contributed by atoms with van der Waals surface area (Å²) >= 11 is 4.25. The number of imide groups is 1. The van der Waals surface area contributed by atoms with E-state index in [1.54, 1.807) is 18.2 Å². The molecule has 8 nitrogen and oxygen atoms in total. The topological polar surface area (TPSA) is 102 Å². The van der Waals surface area contributed by atoms with Crippen LogP contribution in [0.3, 0.4) is 0 Å². The van der Waals surface area contributed by atoms with Gasteiger partial charge in [0.05, 0.1) is 18.6 Å². The van der Waals surface area contributed by atoms with Gasteiger partial charge in [0.15, 0.2) is 0 Å². The Morgan fingerprint density at radius 2 is 1.60 bits per heavy atom. The molecule has 0 atom stereocenters. The third-order valence-corrected chi connectivity index (χ3v) is 6.68. The van der Waals surface area contributed by atoms with Crippen LogP contribution in [0, 0.1) is 23.1 Å². The maximum Gasteiger partial charge on any atom is 0.329 e. The van der Waals surface area contributed by atoms with E-state index in [2.05, 4.69) is 50.5 Å². The van der Waals surface area contributed by atoms with Crippen LogP contribution in [0.15, 0.2) is 66.4 Å². The molecule has 0 bridgehead atoms. The standard InChI is InChI=1S/C24H16FI2N3O5/c25-17-5-1-14(2-6-17)12-29-23(31)21(28-24(29)32)11-16-9-19(26)22(20(27)10-16)35-13-15-3-7-18(8-4-15)30(33)34/h1-11H,12-13H2,(H,28,32)/b21-11+. The van der Waals surface area contributed by atoms with Crippen LogP contribution >= 0.6 is 45.2 Å². The Labute approximate surface area is 226 Å². The minimum absolute atomic E-state index is 0.0140. The van der Waals surface area contributed by atoms with Gasteiger partial charge in [0.2, 0.25) is 0 Å². The molecule has 4 rings (SSSR count). The smallest absolute Gasteiger partial charge is 0.329 e. The molecule has 35 heavy (non-hydrogen) atoms. The van der Waals surface area contributed by atoms with Crippen molar-refractivity contribution >= 4 is 68.9 Å². The monoisotopic (exact) mass is 699 g/mol. The van der Waals surface area contributed by atoms with Crippen molar-refractivity contribution < 1.29 is 23.6 Å². The van der Waals surface area contributed by atoms with Crippen molar-refractivity contribution in [3.05, 3.63) is 106 Å². The van der Waals surface area contributed by atoms with Crippen LogP contribution in [-0.4, -0.2) is 21.8 Å². The molecule has 1 heterocycles. The minimum atomic E-state index is -0.543. The molecule has 1 aliphatic rings. The van der Waals surface area contributed by atoms with Crippen LogP contribution < -0.4 is 10.1 Å². The number of hydrogen-bond acceptors (Lipinski definition) is 5. The molecule has 3 aromatic carbocycles. The molecule has 11 heteroatoms. The van der Waals surface area contributed by atoms with Crippen LogP contribution in [0.4, 0.5) is 14.9 Å². The molecule has 0 aliphatic carbocycles. The summed E-state index contributed by atoms with van der Waals surface area (Å²) < 4.78 is 20.6. The van der Waals surface area contributed by atoms with E-state index in [4.69, 9.17) is 4.74 Å². The fourth-order valence-corrected chi connectivity index (χ4v) is 5.45. The summed E-state index contributed by atoms with van der Waals surface area (Å²) in [6.07, 6.45) is 1.59. The molecule has 1 saturated heterocycles. The average Bonchev–Trinajstić information content (AvgIpc) is 3.07. The van der Waals surface area contributed by atoms with Crippen molar-refractivity contribution in [1.82, 2.24) is 10.2 Å². The van der Waals surface area contributed by atoms with E-state index >= 15 is 0 Å². The van der Waals surface area contributed by atoms with Gasteiger partial charge < -0.3 is 10.1 Å². The Bertz CT molecular complexity index is 1320. The van der Waals surface area contributed by atoms with E-state index in [1.807, 2.05) is 12.1 Å². The number of nitrogens with zero attached hydrogens (tertiary/aromatic N) is 2. The number of nitro groups is 1. The fourth-order valence-electron chi connectivity index (χ4n) is 3.32. The molecule has 3 aromatic rings. The number of hydrogen-bond donors (Lipinski definition) is 1. The first-order valence-electron chi connectivity index (χ1n) is 10.2. The first-order chi connectivity index (χ1) is 16.7. The number of urea groups is 1. The van der Waals surface area contributed by atoms with Crippen LogP contribution in [-0.2, 0) is 17.9 Å². The summed E-state index contributed by atoms with van der Waals surface area (Å²) in [7, 11) is 0. The van der Waals surface area contributed by atoms with Gasteiger partial charge in [-0.25, -0.2) is 9.18 Å². The first-order valence-corrected chi connectivity index (χ1v) is 12.3. The average molecular weight is 699 g/mol. The second kappa shape index (κ2) is 10.7. The Morgan fingerprint density at radius 1 is 1.00 bits per heavy atom. The molecule has 1 N–H and O–H groups in total. The van der Waals surface area contributed by atoms with Gasteiger partial charge in [0, 0.05) is 12.1 Å². The maximum absolute atomic E-state index is 13.1. The van der Waals surface area contributed by atoms with Gasteiger partial charge in [-0.1, -0.05) is 12.1 Å². The molecule has 0 radical (unpaired) electrons. The highest BCUT2D eigenvalue weighted by atomic mass is 127. The molecule has 3 amide bonds. The Morgan fingerprint density at radius 3 is 2.20 bits per heavy atom. The number of carbonyl (C=O) groups is 2. The minimum Gasteiger partial charge on any atom is -0.487 e. The summed E-state index contributed by atoms with van der Waals surface area (Å²) in [5, 5.41) is 13.4. The summed E-state index contributed by atoms with van der Waals surface area (Å²) in [5.74, 6) is -0.217. The maximum atomic E-state index is 13.1. The lowest BCUT2D eigenvalue weighted by molar-refractivity contribution is -0.384. The molecule has 1 aliphatic heterocycles. The molecule has 0 saturated carbocycles. The lowest BCUT2D eigenvalue weighted by Gasteiger charge is -2.12. The highest BCUT2D eigenvalue weighted by molar-refractivity contribution is 14.1. The summed E-state index contributed by atoms with van der Waals surface area (Å²) in [6.45, 7) is 0.268. The van der Waals surface area contributed by atoms with Crippen molar-refractivity contribution in [2.75, 3.05) is 0 Å². The van der Waals surface area contributed by atoms with Crippen LogP contribution in [0.1, 0.15) is 16.7 Å². The Balaban J connectivity index is 1.47. The number of amides is 3. The van der Waals surface area contributed by atoms with Crippen LogP contribution in [0.2, 0.25) is 0 Å². The quantitative estimate of drug-likeness (QED) is 0.114. The van der Waals surface area contributed by atoms with Crippen molar-refractivity contribution in [2.24, 2.45) is 0 Å². The van der Waals surface area contributed by atoms with Gasteiger partial charge in [0.25, 0.3) is 11.6 Å². The zero-order valence-corrected chi connectivity index (χ0v) is 22.1. The predicted octanol–water partition coefficient (Wildman–Crippen LogP) is 5.62. The number of carbonyl (C=O) groups excluding carboxylic acids is 2. The van der Waals surface area contributed by atoms with Gasteiger partial charge in [-0.2, -0.15) is 0 Å². The lowest BCUT2D eigenvalue weighted by Crippen LogP contribution is -2.30. The number of ether oxygens (including phenoxy) is 1. The van der Waals surface area contributed by atoms with Gasteiger partial charge in [-0.05, 0) is 104 Å². The molecular formula is C24H16FI2N3O5. The number of benzene rings is 3.